The lowest BCUT2D eigenvalue weighted by atomic mass is 10.1. The first-order chi connectivity index (χ1) is 10.1. The summed E-state index contributed by atoms with van der Waals surface area (Å²) in [6, 6.07) is 6.40. The standard InChI is InChI=1S/C17H22O3S/c1-12-3-4-15-13(7-12)8-14(20-15)10-21-11-17(5-6-17)9-16(18)19-2/h3-4,7,14H,5-6,8-11H2,1-2H3. The van der Waals surface area contributed by atoms with Gasteiger partial charge in [-0.05, 0) is 42.6 Å². The van der Waals surface area contributed by atoms with Crippen LogP contribution in [0.3, 0.4) is 0 Å². The molecule has 0 saturated heterocycles. The normalized spacial score (nSPS) is 21.5. The van der Waals surface area contributed by atoms with Crippen LogP contribution in [0.5, 0.6) is 5.75 Å². The van der Waals surface area contributed by atoms with Crippen LogP contribution in [0.4, 0.5) is 0 Å². The van der Waals surface area contributed by atoms with Crippen molar-refractivity contribution >= 4 is 17.7 Å². The highest BCUT2D eigenvalue weighted by atomic mass is 32.2. The summed E-state index contributed by atoms with van der Waals surface area (Å²) in [5.41, 5.74) is 2.83. The summed E-state index contributed by atoms with van der Waals surface area (Å²) in [6.07, 6.45) is 4.16. The number of aryl methyl sites for hydroxylation is 1. The van der Waals surface area contributed by atoms with Crippen LogP contribution in [0.25, 0.3) is 0 Å². The lowest BCUT2D eigenvalue weighted by Gasteiger charge is -2.15. The van der Waals surface area contributed by atoms with E-state index in [1.54, 1.807) is 0 Å². The molecule has 0 aromatic heterocycles. The molecule has 0 bridgehead atoms. The molecular weight excluding hydrogens is 284 g/mol. The van der Waals surface area contributed by atoms with Gasteiger partial charge in [-0.3, -0.25) is 4.79 Å². The quantitative estimate of drug-likeness (QED) is 0.755. The zero-order chi connectivity index (χ0) is 14.9. The van der Waals surface area contributed by atoms with Gasteiger partial charge in [0, 0.05) is 12.2 Å². The summed E-state index contributed by atoms with van der Waals surface area (Å²) >= 11 is 1.91. The first-order valence-electron chi connectivity index (χ1n) is 7.51. The van der Waals surface area contributed by atoms with Gasteiger partial charge in [-0.1, -0.05) is 17.7 Å². The van der Waals surface area contributed by atoms with Crippen molar-refractivity contribution in [2.75, 3.05) is 18.6 Å². The summed E-state index contributed by atoms with van der Waals surface area (Å²) < 4.78 is 10.8. The Balaban J connectivity index is 1.44. The number of hydrogen-bond donors (Lipinski definition) is 0. The largest absolute Gasteiger partial charge is 0.489 e. The Hall–Kier alpha value is -1.16. The molecule has 21 heavy (non-hydrogen) atoms. The van der Waals surface area contributed by atoms with Gasteiger partial charge < -0.3 is 9.47 Å². The van der Waals surface area contributed by atoms with Gasteiger partial charge in [-0.2, -0.15) is 11.8 Å². The Morgan fingerprint density at radius 2 is 2.29 bits per heavy atom. The maximum atomic E-state index is 11.4. The third-order valence-electron chi connectivity index (χ3n) is 4.37. The summed E-state index contributed by atoms with van der Waals surface area (Å²) in [5, 5.41) is 0. The van der Waals surface area contributed by atoms with Gasteiger partial charge in [0.15, 0.2) is 0 Å². The van der Waals surface area contributed by atoms with E-state index in [1.165, 1.54) is 18.2 Å². The fourth-order valence-corrected chi connectivity index (χ4v) is 4.27. The average molecular weight is 306 g/mol. The number of hydrogen-bond acceptors (Lipinski definition) is 4. The average Bonchev–Trinajstić information content (AvgIpc) is 3.09. The van der Waals surface area contributed by atoms with Crippen LogP contribution in [0.15, 0.2) is 18.2 Å². The van der Waals surface area contributed by atoms with Crippen LogP contribution in [-0.4, -0.2) is 30.7 Å². The zero-order valence-electron chi connectivity index (χ0n) is 12.7. The van der Waals surface area contributed by atoms with Gasteiger partial charge in [0.2, 0.25) is 0 Å². The van der Waals surface area contributed by atoms with E-state index in [0.29, 0.717) is 6.42 Å². The summed E-state index contributed by atoms with van der Waals surface area (Å²) in [7, 11) is 1.47. The predicted molar refractivity (Wildman–Crippen MR) is 84.9 cm³/mol. The topological polar surface area (TPSA) is 35.5 Å². The Labute approximate surface area is 130 Å². The third kappa shape index (κ3) is 3.54. The van der Waals surface area contributed by atoms with Crippen molar-refractivity contribution in [3.8, 4) is 5.75 Å². The number of rotatable bonds is 6. The van der Waals surface area contributed by atoms with Crippen LogP contribution in [0, 0.1) is 12.3 Å². The molecule has 1 atom stereocenters. The first kappa shape index (κ1) is 14.8. The molecule has 0 spiro atoms. The van der Waals surface area contributed by atoms with Crippen molar-refractivity contribution in [1.29, 1.82) is 0 Å². The van der Waals surface area contributed by atoms with Crippen LogP contribution in [0.2, 0.25) is 0 Å². The third-order valence-corrected chi connectivity index (χ3v) is 5.80. The molecular formula is C17H22O3S. The number of ether oxygens (including phenoxy) is 2. The van der Waals surface area contributed by atoms with E-state index in [9.17, 15) is 4.79 Å². The van der Waals surface area contributed by atoms with Gasteiger partial charge in [0.25, 0.3) is 0 Å². The molecule has 0 amide bonds. The highest BCUT2D eigenvalue weighted by Gasteiger charge is 2.44. The molecule has 1 aliphatic heterocycles. The summed E-state index contributed by atoms with van der Waals surface area (Å²) in [5.74, 6) is 3.00. The number of thioether (sulfide) groups is 1. The van der Waals surface area contributed by atoms with Crippen molar-refractivity contribution < 1.29 is 14.3 Å². The number of carbonyl (C=O) groups excluding carboxylic acids is 1. The van der Waals surface area contributed by atoms with Gasteiger partial charge in [-0.15, -0.1) is 0 Å². The Bertz CT molecular complexity index is 537. The molecule has 2 aliphatic rings. The van der Waals surface area contributed by atoms with Gasteiger partial charge in [-0.25, -0.2) is 0 Å². The second kappa shape index (κ2) is 5.91. The zero-order valence-corrected chi connectivity index (χ0v) is 13.5. The van der Waals surface area contributed by atoms with Crippen molar-refractivity contribution in [2.45, 2.75) is 38.7 Å². The molecule has 3 nitrogen and oxygen atoms in total. The van der Waals surface area contributed by atoms with E-state index in [0.717, 1.165) is 36.5 Å². The maximum absolute atomic E-state index is 11.4. The minimum atomic E-state index is -0.0758. The molecule has 1 unspecified atom stereocenters. The Kier molecular flexibility index (Phi) is 4.16. The number of carbonyl (C=O) groups is 1. The van der Waals surface area contributed by atoms with E-state index in [4.69, 9.17) is 9.47 Å². The maximum Gasteiger partial charge on any atom is 0.306 e. The molecule has 3 rings (SSSR count). The second-order valence-corrected chi connectivity index (χ2v) is 7.35. The van der Waals surface area contributed by atoms with Gasteiger partial charge >= 0.3 is 5.97 Å². The molecule has 0 N–H and O–H groups in total. The Morgan fingerprint density at radius 1 is 1.48 bits per heavy atom. The van der Waals surface area contributed by atoms with Crippen LogP contribution in [0.1, 0.15) is 30.4 Å². The fourth-order valence-electron chi connectivity index (χ4n) is 2.88. The van der Waals surface area contributed by atoms with Crippen molar-refractivity contribution in [3.63, 3.8) is 0 Å². The minimum Gasteiger partial charge on any atom is -0.489 e. The van der Waals surface area contributed by atoms with E-state index < -0.39 is 0 Å². The highest BCUT2D eigenvalue weighted by molar-refractivity contribution is 7.99. The summed E-state index contributed by atoms with van der Waals surface area (Å²) in [4.78, 5) is 11.4. The van der Waals surface area contributed by atoms with E-state index in [-0.39, 0.29) is 17.5 Å². The number of fused-ring (bicyclic) bond motifs is 1. The number of esters is 1. The van der Waals surface area contributed by atoms with Crippen LogP contribution in [-0.2, 0) is 16.0 Å². The smallest absolute Gasteiger partial charge is 0.306 e. The second-order valence-electron chi connectivity index (χ2n) is 6.32. The molecule has 0 radical (unpaired) electrons. The van der Waals surface area contributed by atoms with E-state index >= 15 is 0 Å². The van der Waals surface area contributed by atoms with Gasteiger partial charge in [0.1, 0.15) is 11.9 Å². The van der Waals surface area contributed by atoms with Crippen LogP contribution < -0.4 is 4.74 Å². The van der Waals surface area contributed by atoms with Crippen molar-refractivity contribution in [2.24, 2.45) is 5.41 Å². The number of methoxy groups -OCH3 is 1. The highest BCUT2D eigenvalue weighted by Crippen LogP contribution is 2.51. The number of benzene rings is 1. The Morgan fingerprint density at radius 3 is 3.00 bits per heavy atom. The lowest BCUT2D eigenvalue weighted by molar-refractivity contribution is -0.141. The molecule has 1 saturated carbocycles. The monoisotopic (exact) mass is 306 g/mol. The lowest BCUT2D eigenvalue weighted by Crippen LogP contribution is -2.19. The first-order valence-corrected chi connectivity index (χ1v) is 8.66. The SMILES string of the molecule is COC(=O)CC1(CSCC2Cc3cc(C)ccc3O2)CC1. The molecule has 1 aliphatic carbocycles. The van der Waals surface area contributed by atoms with Gasteiger partial charge in [0.05, 0.1) is 13.5 Å². The van der Waals surface area contributed by atoms with Crippen molar-refractivity contribution in [1.82, 2.24) is 0 Å². The summed E-state index contributed by atoms with van der Waals surface area (Å²) in [6.45, 7) is 2.12. The fraction of sp³-hybridized carbons (Fsp3) is 0.588. The van der Waals surface area contributed by atoms with Crippen LogP contribution >= 0.6 is 11.8 Å². The van der Waals surface area contributed by atoms with Crippen molar-refractivity contribution in [3.05, 3.63) is 29.3 Å². The molecule has 1 aromatic rings. The molecule has 1 fully saturated rings. The minimum absolute atomic E-state index is 0.0758. The molecule has 1 aromatic carbocycles. The van der Waals surface area contributed by atoms with E-state index in [2.05, 4.69) is 25.1 Å². The van der Waals surface area contributed by atoms with E-state index in [1.807, 2.05) is 11.8 Å². The molecule has 4 heteroatoms. The predicted octanol–water partition coefficient (Wildman–Crippen LogP) is 3.38. The molecule has 114 valence electrons. The molecule has 1 heterocycles.